The molecule has 0 bridgehead atoms. The Labute approximate surface area is 133 Å². The minimum atomic E-state index is -0.100. The highest BCUT2D eigenvalue weighted by Gasteiger charge is 2.21. The highest BCUT2D eigenvalue weighted by atomic mass is 16.1. The summed E-state index contributed by atoms with van der Waals surface area (Å²) in [5.41, 5.74) is 3.42. The monoisotopic (exact) mass is 295 g/mol. The minimum absolute atomic E-state index is 0.0153. The molecule has 1 N–H and O–H groups in total. The zero-order chi connectivity index (χ0) is 16.2. The lowest BCUT2D eigenvalue weighted by atomic mass is 9.91. The fraction of sp³-hybridized carbons (Fsp3) is 0.350. The minimum Gasteiger partial charge on any atom is -0.345 e. The molecule has 116 valence electrons. The summed E-state index contributed by atoms with van der Waals surface area (Å²) in [4.78, 5) is 12.4. The van der Waals surface area contributed by atoms with E-state index in [1.54, 1.807) is 0 Å². The van der Waals surface area contributed by atoms with Crippen LogP contribution in [0.3, 0.4) is 0 Å². The number of amides is 1. The first-order valence-corrected chi connectivity index (χ1v) is 7.76. The maximum absolute atomic E-state index is 12.4. The fourth-order valence-corrected chi connectivity index (χ4v) is 2.46. The molecule has 0 radical (unpaired) electrons. The molecule has 0 spiro atoms. The summed E-state index contributed by atoms with van der Waals surface area (Å²) in [6.45, 7) is 8.31. The molecule has 0 saturated heterocycles. The number of aryl methyl sites for hydroxylation is 1. The van der Waals surface area contributed by atoms with E-state index in [2.05, 4.69) is 69.4 Å². The quantitative estimate of drug-likeness (QED) is 0.875. The van der Waals surface area contributed by atoms with E-state index >= 15 is 0 Å². The number of nitrogens with one attached hydrogen (secondary N) is 1. The van der Waals surface area contributed by atoms with Gasteiger partial charge in [-0.3, -0.25) is 4.79 Å². The number of rotatable bonds is 4. The average molecular weight is 295 g/mol. The van der Waals surface area contributed by atoms with Crippen molar-refractivity contribution in [3.05, 3.63) is 71.3 Å². The van der Waals surface area contributed by atoms with Crippen molar-refractivity contribution in [3.8, 4) is 0 Å². The molecule has 2 heteroatoms. The Kier molecular flexibility index (Phi) is 5.02. The zero-order valence-corrected chi connectivity index (χ0v) is 13.9. The van der Waals surface area contributed by atoms with Gasteiger partial charge in [-0.25, -0.2) is 0 Å². The van der Waals surface area contributed by atoms with Crippen LogP contribution >= 0.6 is 0 Å². The molecule has 0 saturated carbocycles. The molecule has 1 unspecified atom stereocenters. The number of hydrogen-bond acceptors (Lipinski definition) is 1. The van der Waals surface area contributed by atoms with E-state index in [0.717, 1.165) is 11.1 Å². The van der Waals surface area contributed by atoms with Crippen LogP contribution in [0.15, 0.2) is 54.6 Å². The summed E-state index contributed by atoms with van der Waals surface area (Å²) in [5, 5.41) is 3.19. The summed E-state index contributed by atoms with van der Waals surface area (Å²) < 4.78 is 0. The molecule has 0 aromatic heterocycles. The Balaban J connectivity index is 2.26. The van der Waals surface area contributed by atoms with Gasteiger partial charge in [-0.2, -0.15) is 0 Å². The van der Waals surface area contributed by atoms with E-state index in [-0.39, 0.29) is 17.4 Å². The van der Waals surface area contributed by atoms with Crippen LogP contribution < -0.4 is 5.32 Å². The van der Waals surface area contributed by atoms with E-state index < -0.39 is 0 Å². The highest BCUT2D eigenvalue weighted by molar-refractivity contribution is 5.77. The van der Waals surface area contributed by atoms with Crippen LogP contribution in [0.4, 0.5) is 0 Å². The van der Waals surface area contributed by atoms with Crippen molar-refractivity contribution in [2.24, 2.45) is 5.41 Å². The van der Waals surface area contributed by atoms with Crippen molar-refractivity contribution in [1.29, 1.82) is 0 Å². The topological polar surface area (TPSA) is 29.1 Å². The number of carbonyl (C=O) groups excluding carboxylic acids is 1. The van der Waals surface area contributed by atoms with Crippen molar-refractivity contribution in [3.63, 3.8) is 0 Å². The number of carbonyl (C=O) groups is 1. The van der Waals surface area contributed by atoms with Gasteiger partial charge in [-0.1, -0.05) is 80.9 Å². The van der Waals surface area contributed by atoms with Crippen molar-refractivity contribution < 1.29 is 4.79 Å². The molecule has 0 aliphatic rings. The maximum Gasteiger partial charge on any atom is 0.221 e. The Morgan fingerprint density at radius 3 is 2.05 bits per heavy atom. The van der Waals surface area contributed by atoms with Crippen molar-refractivity contribution in [1.82, 2.24) is 5.32 Å². The van der Waals surface area contributed by atoms with Crippen LogP contribution in [0.25, 0.3) is 0 Å². The van der Waals surface area contributed by atoms with Gasteiger partial charge in [0.05, 0.1) is 6.04 Å². The van der Waals surface area contributed by atoms with E-state index in [1.165, 1.54) is 5.56 Å². The fourth-order valence-electron chi connectivity index (χ4n) is 2.46. The molecule has 2 nitrogen and oxygen atoms in total. The zero-order valence-electron chi connectivity index (χ0n) is 13.9. The van der Waals surface area contributed by atoms with Gasteiger partial charge in [0.2, 0.25) is 5.91 Å². The Hall–Kier alpha value is -2.09. The summed E-state index contributed by atoms with van der Waals surface area (Å²) in [7, 11) is 0. The van der Waals surface area contributed by atoms with Crippen LogP contribution in [-0.2, 0) is 4.79 Å². The Bertz CT molecular complexity index is 608. The molecule has 0 aliphatic heterocycles. The lowest BCUT2D eigenvalue weighted by molar-refractivity contribution is -0.123. The third-order valence-corrected chi connectivity index (χ3v) is 3.54. The second kappa shape index (κ2) is 6.78. The largest absolute Gasteiger partial charge is 0.345 e. The smallest absolute Gasteiger partial charge is 0.221 e. The summed E-state index contributed by atoms with van der Waals surface area (Å²) in [6.07, 6.45) is 0.516. The predicted octanol–water partition coefficient (Wildman–Crippen LogP) is 4.64. The van der Waals surface area contributed by atoms with E-state index in [4.69, 9.17) is 0 Å². The van der Waals surface area contributed by atoms with Gasteiger partial charge in [0.1, 0.15) is 0 Å². The molecule has 0 heterocycles. The molecule has 1 amide bonds. The summed E-state index contributed by atoms with van der Waals surface area (Å²) in [5.74, 6) is 0.0851. The molecule has 22 heavy (non-hydrogen) atoms. The van der Waals surface area contributed by atoms with Gasteiger partial charge >= 0.3 is 0 Å². The third kappa shape index (κ3) is 4.73. The van der Waals surface area contributed by atoms with E-state index in [9.17, 15) is 4.79 Å². The Morgan fingerprint density at radius 1 is 0.955 bits per heavy atom. The van der Waals surface area contributed by atoms with Crippen molar-refractivity contribution in [2.75, 3.05) is 0 Å². The Morgan fingerprint density at radius 2 is 1.50 bits per heavy atom. The summed E-state index contributed by atoms with van der Waals surface area (Å²) in [6, 6.07) is 18.4. The van der Waals surface area contributed by atoms with Crippen LogP contribution in [0.1, 0.15) is 49.9 Å². The molecule has 2 rings (SSSR count). The second-order valence-corrected chi connectivity index (χ2v) is 7.06. The molecule has 1 atom stereocenters. The first-order chi connectivity index (χ1) is 10.3. The van der Waals surface area contributed by atoms with Gasteiger partial charge in [-0.15, -0.1) is 0 Å². The van der Waals surface area contributed by atoms with Crippen LogP contribution in [0.5, 0.6) is 0 Å². The molecular weight excluding hydrogens is 270 g/mol. The third-order valence-electron chi connectivity index (χ3n) is 3.54. The van der Waals surface area contributed by atoms with Crippen LogP contribution in [-0.4, -0.2) is 5.91 Å². The van der Waals surface area contributed by atoms with Gasteiger partial charge in [-0.05, 0) is 23.5 Å². The van der Waals surface area contributed by atoms with Crippen LogP contribution in [0.2, 0.25) is 0 Å². The van der Waals surface area contributed by atoms with Crippen LogP contribution in [0, 0.1) is 12.3 Å². The average Bonchev–Trinajstić information content (AvgIpc) is 2.45. The van der Waals surface area contributed by atoms with Gasteiger partial charge in [0.25, 0.3) is 0 Å². The molecule has 2 aromatic rings. The van der Waals surface area contributed by atoms with E-state index in [0.29, 0.717) is 6.42 Å². The molecular formula is C20H25NO. The van der Waals surface area contributed by atoms with E-state index in [1.807, 2.05) is 18.2 Å². The standard InChI is InChI=1S/C20H25NO/c1-15-10-12-17(13-11-15)19(16-8-6-5-7-9-16)21-18(22)14-20(2,3)4/h5-13,19H,14H2,1-4H3,(H,21,22). The normalized spacial score (nSPS) is 12.7. The maximum atomic E-state index is 12.4. The molecule has 0 fully saturated rings. The van der Waals surface area contributed by atoms with Gasteiger partial charge < -0.3 is 5.32 Å². The molecule has 2 aromatic carbocycles. The molecule has 0 aliphatic carbocycles. The first kappa shape index (κ1) is 16.3. The van der Waals surface area contributed by atoms with Crippen molar-refractivity contribution >= 4 is 5.91 Å². The lowest BCUT2D eigenvalue weighted by Gasteiger charge is -2.23. The lowest BCUT2D eigenvalue weighted by Crippen LogP contribution is -2.32. The number of hydrogen-bond donors (Lipinski definition) is 1. The van der Waals surface area contributed by atoms with Crippen molar-refractivity contribution in [2.45, 2.75) is 40.2 Å². The first-order valence-electron chi connectivity index (χ1n) is 7.76. The second-order valence-electron chi connectivity index (χ2n) is 7.06. The summed E-state index contributed by atoms with van der Waals surface area (Å²) >= 11 is 0. The predicted molar refractivity (Wildman–Crippen MR) is 91.7 cm³/mol. The number of benzene rings is 2. The SMILES string of the molecule is Cc1ccc(C(NC(=O)CC(C)(C)C)c2ccccc2)cc1. The van der Waals surface area contributed by atoms with Gasteiger partial charge in [0.15, 0.2) is 0 Å². The van der Waals surface area contributed by atoms with Gasteiger partial charge in [0, 0.05) is 6.42 Å². The highest BCUT2D eigenvalue weighted by Crippen LogP contribution is 2.24.